The number of rotatable bonds is 10. The highest BCUT2D eigenvalue weighted by atomic mass is 35.5. The summed E-state index contributed by atoms with van der Waals surface area (Å²) in [5, 5.41) is 13.1. The van der Waals surface area contributed by atoms with Gasteiger partial charge in [0.2, 0.25) is 0 Å². The highest BCUT2D eigenvalue weighted by molar-refractivity contribution is 7.13. The van der Waals surface area contributed by atoms with Gasteiger partial charge in [-0.3, -0.25) is 4.98 Å². The van der Waals surface area contributed by atoms with Crippen molar-refractivity contribution in [3.8, 4) is 17.6 Å². The van der Waals surface area contributed by atoms with Crippen molar-refractivity contribution < 1.29 is 19.0 Å². The Bertz CT molecular complexity index is 1460. The third-order valence-corrected chi connectivity index (χ3v) is 7.41. The number of hydrogen-bond donors (Lipinski definition) is 1. The van der Waals surface area contributed by atoms with E-state index in [9.17, 15) is 4.79 Å². The van der Waals surface area contributed by atoms with Crippen LogP contribution in [0.2, 0.25) is 10.0 Å². The van der Waals surface area contributed by atoms with Crippen LogP contribution in [0.5, 0.6) is 11.5 Å². The third kappa shape index (κ3) is 6.56. The molecule has 2 aromatic heterocycles. The lowest BCUT2D eigenvalue weighted by Gasteiger charge is -2.20. The van der Waals surface area contributed by atoms with Crippen molar-refractivity contribution in [3.05, 3.63) is 103 Å². The van der Waals surface area contributed by atoms with Gasteiger partial charge in [-0.05, 0) is 53.6 Å². The SMILES string of the molecule is COc1ccc([C@H](Cc2c(Cl)cncc2Cl)OC(=O)c2ccc(CNc3cccc(C#N)c3)s2)cc1OC. The number of benzene rings is 2. The maximum absolute atomic E-state index is 13.2. The average molecular weight is 568 g/mol. The van der Waals surface area contributed by atoms with Gasteiger partial charge in [0, 0.05) is 35.9 Å². The Morgan fingerprint density at radius 1 is 1.05 bits per heavy atom. The number of ether oxygens (including phenoxy) is 3. The largest absolute Gasteiger partial charge is 0.493 e. The van der Waals surface area contributed by atoms with Gasteiger partial charge in [-0.1, -0.05) is 35.3 Å². The molecule has 194 valence electrons. The van der Waals surface area contributed by atoms with Crippen molar-refractivity contribution in [2.75, 3.05) is 19.5 Å². The second-order valence-electron chi connectivity index (χ2n) is 8.11. The predicted octanol–water partition coefficient (Wildman–Crippen LogP) is 7.09. The van der Waals surface area contributed by atoms with E-state index in [1.807, 2.05) is 18.2 Å². The number of esters is 1. The van der Waals surface area contributed by atoms with E-state index in [4.69, 9.17) is 42.7 Å². The summed E-state index contributed by atoms with van der Waals surface area (Å²) in [5.41, 5.74) is 2.70. The summed E-state index contributed by atoms with van der Waals surface area (Å²) < 4.78 is 16.8. The van der Waals surface area contributed by atoms with E-state index in [-0.39, 0.29) is 6.42 Å². The van der Waals surface area contributed by atoms with Crippen molar-refractivity contribution in [1.29, 1.82) is 5.26 Å². The minimum absolute atomic E-state index is 0.233. The van der Waals surface area contributed by atoms with Crippen LogP contribution in [0, 0.1) is 11.3 Å². The number of thiophene rings is 1. The molecule has 0 saturated carbocycles. The van der Waals surface area contributed by atoms with Crippen molar-refractivity contribution >= 4 is 46.2 Å². The smallest absolute Gasteiger partial charge is 0.348 e. The van der Waals surface area contributed by atoms with Gasteiger partial charge < -0.3 is 19.5 Å². The third-order valence-electron chi connectivity index (χ3n) is 5.69. The zero-order valence-electron chi connectivity index (χ0n) is 20.5. The molecule has 1 atom stereocenters. The molecule has 4 aromatic rings. The molecule has 0 bridgehead atoms. The molecule has 38 heavy (non-hydrogen) atoms. The first-order valence-electron chi connectivity index (χ1n) is 11.4. The molecule has 0 fully saturated rings. The number of methoxy groups -OCH3 is 2. The Labute approximate surface area is 234 Å². The van der Waals surface area contributed by atoms with Crippen molar-refractivity contribution in [2.24, 2.45) is 0 Å². The molecular weight excluding hydrogens is 545 g/mol. The Hall–Kier alpha value is -3.77. The van der Waals surface area contributed by atoms with E-state index >= 15 is 0 Å². The zero-order valence-corrected chi connectivity index (χ0v) is 22.9. The van der Waals surface area contributed by atoms with Gasteiger partial charge in [-0.25, -0.2) is 4.79 Å². The van der Waals surface area contributed by atoms with Crippen LogP contribution in [0.4, 0.5) is 5.69 Å². The number of anilines is 1. The molecule has 0 radical (unpaired) electrons. The van der Waals surface area contributed by atoms with Crippen molar-refractivity contribution in [2.45, 2.75) is 19.1 Å². The van der Waals surface area contributed by atoms with E-state index in [1.54, 1.807) is 43.5 Å². The van der Waals surface area contributed by atoms with Crippen LogP contribution in [-0.4, -0.2) is 25.2 Å². The second-order valence-corrected chi connectivity index (χ2v) is 10.1. The van der Waals surface area contributed by atoms with Crippen LogP contribution in [0.1, 0.15) is 37.3 Å². The van der Waals surface area contributed by atoms with Crippen LogP contribution in [0.25, 0.3) is 0 Å². The lowest BCUT2D eigenvalue weighted by atomic mass is 10.0. The van der Waals surface area contributed by atoms with E-state index in [1.165, 1.54) is 30.8 Å². The fourth-order valence-corrected chi connectivity index (χ4v) is 5.11. The van der Waals surface area contributed by atoms with Crippen LogP contribution >= 0.6 is 34.5 Å². The minimum Gasteiger partial charge on any atom is -0.493 e. The Morgan fingerprint density at radius 2 is 1.82 bits per heavy atom. The zero-order chi connectivity index (χ0) is 27.1. The fraction of sp³-hybridized carbons (Fsp3) is 0.179. The number of nitrogens with zero attached hydrogens (tertiary/aromatic N) is 2. The molecule has 0 aliphatic carbocycles. The molecule has 0 amide bonds. The number of hydrogen-bond acceptors (Lipinski definition) is 8. The molecule has 0 aliphatic heterocycles. The topological polar surface area (TPSA) is 93.5 Å². The van der Waals surface area contributed by atoms with Gasteiger partial charge in [0.25, 0.3) is 0 Å². The van der Waals surface area contributed by atoms with Crippen molar-refractivity contribution in [1.82, 2.24) is 4.98 Å². The summed E-state index contributed by atoms with van der Waals surface area (Å²) in [7, 11) is 3.09. The molecular formula is C28H23Cl2N3O4S. The number of pyridine rings is 1. The highest BCUT2D eigenvalue weighted by Gasteiger charge is 2.24. The number of halogens is 2. The number of nitriles is 1. The summed E-state index contributed by atoms with van der Waals surface area (Å²) in [6.07, 6.45) is 2.52. The molecule has 0 saturated heterocycles. The summed E-state index contributed by atoms with van der Waals surface area (Å²) in [6, 6.07) is 18.2. The van der Waals surface area contributed by atoms with Gasteiger partial charge in [0.1, 0.15) is 11.0 Å². The van der Waals surface area contributed by atoms with Crippen LogP contribution in [-0.2, 0) is 17.7 Å². The van der Waals surface area contributed by atoms with Gasteiger partial charge in [0.05, 0.1) is 35.9 Å². The first-order chi connectivity index (χ1) is 18.4. The maximum atomic E-state index is 13.2. The Kier molecular flexibility index (Phi) is 9.08. The van der Waals surface area contributed by atoms with Gasteiger partial charge >= 0.3 is 5.97 Å². The first-order valence-corrected chi connectivity index (χ1v) is 13.0. The number of aromatic nitrogens is 1. The lowest BCUT2D eigenvalue weighted by Crippen LogP contribution is -2.14. The summed E-state index contributed by atoms with van der Waals surface area (Å²) in [4.78, 5) is 18.6. The maximum Gasteiger partial charge on any atom is 0.348 e. The molecule has 7 nitrogen and oxygen atoms in total. The normalized spacial score (nSPS) is 11.3. The van der Waals surface area contributed by atoms with Crippen LogP contribution in [0.3, 0.4) is 0 Å². The standard InChI is InChI=1S/C28H23Cl2N3O4S/c1-35-24-8-6-18(11-26(24)36-2)25(12-21-22(29)15-32-16-23(21)30)37-28(34)27-9-7-20(38-27)14-33-19-5-3-4-17(10-19)13-31/h3-11,15-16,25,33H,12,14H2,1-2H3/t25-/m0/s1. The average Bonchev–Trinajstić information content (AvgIpc) is 3.42. The first kappa shape index (κ1) is 27.3. The minimum atomic E-state index is -0.711. The molecule has 1 N–H and O–H groups in total. The lowest BCUT2D eigenvalue weighted by molar-refractivity contribution is 0.0303. The van der Waals surface area contributed by atoms with Gasteiger partial charge in [-0.2, -0.15) is 5.26 Å². The van der Waals surface area contributed by atoms with E-state index in [0.717, 1.165) is 10.6 Å². The molecule has 0 unspecified atom stereocenters. The molecule has 4 rings (SSSR count). The van der Waals surface area contributed by atoms with Crippen LogP contribution < -0.4 is 14.8 Å². The number of carbonyl (C=O) groups is 1. The molecule has 2 heterocycles. The summed E-state index contributed by atoms with van der Waals surface area (Å²) >= 11 is 14.1. The van der Waals surface area contributed by atoms with Gasteiger partial charge in [0.15, 0.2) is 11.5 Å². The Morgan fingerprint density at radius 3 is 2.53 bits per heavy atom. The predicted molar refractivity (Wildman–Crippen MR) is 148 cm³/mol. The van der Waals surface area contributed by atoms with E-state index in [2.05, 4.69) is 16.4 Å². The number of carbonyl (C=O) groups excluding carboxylic acids is 1. The molecule has 0 spiro atoms. The van der Waals surface area contributed by atoms with Crippen LogP contribution in [0.15, 0.2) is 67.0 Å². The van der Waals surface area contributed by atoms with E-state index < -0.39 is 12.1 Å². The highest BCUT2D eigenvalue weighted by Crippen LogP contribution is 2.36. The fourth-order valence-electron chi connectivity index (χ4n) is 3.76. The quantitative estimate of drug-likeness (QED) is 0.204. The number of nitrogens with one attached hydrogen (secondary N) is 1. The summed E-state index contributed by atoms with van der Waals surface area (Å²) in [6.45, 7) is 0.494. The molecule has 10 heteroatoms. The Balaban J connectivity index is 1.54. The summed E-state index contributed by atoms with van der Waals surface area (Å²) in [5.74, 6) is 0.578. The molecule has 2 aromatic carbocycles. The second kappa shape index (κ2) is 12.7. The van der Waals surface area contributed by atoms with E-state index in [0.29, 0.717) is 49.7 Å². The monoisotopic (exact) mass is 567 g/mol. The van der Waals surface area contributed by atoms with Gasteiger partial charge in [-0.15, -0.1) is 11.3 Å². The van der Waals surface area contributed by atoms with Crippen molar-refractivity contribution in [3.63, 3.8) is 0 Å². The molecule has 0 aliphatic rings.